The zero-order valence-corrected chi connectivity index (χ0v) is 20.7. The average molecular weight is 506 g/mol. The molecule has 0 saturated carbocycles. The van der Waals surface area contributed by atoms with Crippen LogP contribution >= 0.6 is 22.7 Å². The summed E-state index contributed by atoms with van der Waals surface area (Å²) in [6, 6.07) is 6.37. The highest BCUT2D eigenvalue weighted by Crippen LogP contribution is 2.28. The molecule has 184 valence electrons. The summed E-state index contributed by atoms with van der Waals surface area (Å²) < 4.78 is 5.44. The molecule has 2 aliphatic rings. The summed E-state index contributed by atoms with van der Waals surface area (Å²) in [5, 5.41) is 6.56. The molecule has 2 aromatic rings. The zero-order valence-electron chi connectivity index (χ0n) is 19.1. The van der Waals surface area contributed by atoms with Gasteiger partial charge in [-0.05, 0) is 29.3 Å². The molecule has 4 heterocycles. The van der Waals surface area contributed by atoms with Gasteiger partial charge in [0.25, 0.3) is 11.8 Å². The van der Waals surface area contributed by atoms with Crippen LogP contribution in [0.15, 0.2) is 35.0 Å². The van der Waals surface area contributed by atoms with Crippen LogP contribution in [0.1, 0.15) is 25.8 Å². The van der Waals surface area contributed by atoms with Gasteiger partial charge in [0, 0.05) is 45.8 Å². The highest BCUT2D eigenvalue weighted by Gasteiger charge is 2.43. The Kier molecular flexibility index (Phi) is 8.68. The summed E-state index contributed by atoms with van der Waals surface area (Å²) in [5.74, 6) is -0.462. The topological polar surface area (TPSA) is 108 Å². The fourth-order valence-corrected chi connectivity index (χ4v) is 5.79. The van der Waals surface area contributed by atoms with E-state index in [1.807, 2.05) is 33.9 Å². The van der Waals surface area contributed by atoms with E-state index < -0.39 is 6.04 Å². The van der Waals surface area contributed by atoms with Gasteiger partial charge in [-0.3, -0.25) is 19.3 Å². The molecule has 3 N–H and O–H groups in total. The molecule has 2 aromatic heterocycles. The molecule has 0 radical (unpaired) electrons. The number of carbonyl (C=O) groups excluding carboxylic acids is 3. The van der Waals surface area contributed by atoms with Gasteiger partial charge in [-0.15, -0.1) is 22.7 Å². The predicted molar refractivity (Wildman–Crippen MR) is 132 cm³/mol. The number of nitrogens with one attached hydrogen (secondary N) is 1. The van der Waals surface area contributed by atoms with Gasteiger partial charge < -0.3 is 25.6 Å². The van der Waals surface area contributed by atoms with E-state index in [1.165, 1.54) is 22.7 Å². The van der Waals surface area contributed by atoms with E-state index in [9.17, 15) is 14.4 Å². The minimum absolute atomic E-state index is 0.0557. The van der Waals surface area contributed by atoms with Crippen LogP contribution < -0.4 is 11.1 Å². The number of morpholine rings is 1. The van der Waals surface area contributed by atoms with E-state index in [2.05, 4.69) is 10.2 Å². The van der Waals surface area contributed by atoms with E-state index in [0.717, 1.165) is 19.6 Å². The predicted octanol–water partition coefficient (Wildman–Crippen LogP) is 0.942. The minimum atomic E-state index is -0.645. The normalized spacial score (nSPS) is 20.9. The van der Waals surface area contributed by atoms with Gasteiger partial charge in [0.1, 0.15) is 6.04 Å². The van der Waals surface area contributed by atoms with Gasteiger partial charge in [0.2, 0.25) is 5.91 Å². The second-order valence-electron chi connectivity index (χ2n) is 8.35. The maximum Gasteiger partial charge on any atom is 0.264 e. The lowest BCUT2D eigenvalue weighted by atomic mass is 10.1. The van der Waals surface area contributed by atoms with Crippen LogP contribution in [0.25, 0.3) is 0 Å². The van der Waals surface area contributed by atoms with Gasteiger partial charge in [-0.1, -0.05) is 12.1 Å². The lowest BCUT2D eigenvalue weighted by Gasteiger charge is -2.33. The number of hydrogen-bond donors (Lipinski definition) is 2. The standard InChI is InChI=1S/C23H31N5O4S2/c24-5-6-25-21(29)18-15-17(16-28(18)23(31)20-4-2-14-34-20)27(22(30)19-3-1-13-33-19)8-7-26-9-11-32-12-10-26/h1-4,13-14,17-18H,5-12,15-16,24H2,(H,25,29). The van der Waals surface area contributed by atoms with Crippen molar-refractivity contribution in [3.63, 3.8) is 0 Å². The molecule has 0 spiro atoms. The van der Waals surface area contributed by atoms with Crippen molar-refractivity contribution in [2.75, 3.05) is 59.0 Å². The van der Waals surface area contributed by atoms with E-state index in [4.69, 9.17) is 10.5 Å². The maximum atomic E-state index is 13.5. The molecular weight excluding hydrogens is 474 g/mol. The third kappa shape index (κ3) is 5.84. The molecule has 2 unspecified atom stereocenters. The summed E-state index contributed by atoms with van der Waals surface area (Å²) >= 11 is 2.76. The van der Waals surface area contributed by atoms with Crippen LogP contribution in [0.5, 0.6) is 0 Å². The van der Waals surface area contributed by atoms with Crippen LogP contribution in [-0.4, -0.2) is 104 Å². The number of hydrogen-bond acceptors (Lipinski definition) is 8. The molecule has 2 fully saturated rings. The molecule has 9 nitrogen and oxygen atoms in total. The lowest BCUT2D eigenvalue weighted by Crippen LogP contribution is -2.48. The Morgan fingerprint density at radius 2 is 1.82 bits per heavy atom. The van der Waals surface area contributed by atoms with Crippen LogP contribution in [0.2, 0.25) is 0 Å². The third-order valence-corrected chi connectivity index (χ3v) is 7.93. The first-order chi connectivity index (χ1) is 16.6. The van der Waals surface area contributed by atoms with Crippen molar-refractivity contribution in [3.8, 4) is 0 Å². The summed E-state index contributed by atoms with van der Waals surface area (Å²) in [6.07, 6.45) is 0.397. The highest BCUT2D eigenvalue weighted by molar-refractivity contribution is 7.12. The number of rotatable bonds is 9. The third-order valence-electron chi connectivity index (χ3n) is 6.21. The fraction of sp³-hybridized carbons (Fsp3) is 0.522. The number of amides is 3. The number of ether oxygens (including phenoxy) is 1. The summed E-state index contributed by atoms with van der Waals surface area (Å²) in [6.45, 7) is 5.28. The van der Waals surface area contributed by atoms with Crippen LogP contribution in [-0.2, 0) is 9.53 Å². The minimum Gasteiger partial charge on any atom is -0.379 e. The molecule has 0 aliphatic carbocycles. The van der Waals surface area contributed by atoms with E-state index in [0.29, 0.717) is 55.6 Å². The number of carbonyl (C=O) groups is 3. The molecule has 0 bridgehead atoms. The van der Waals surface area contributed by atoms with Gasteiger partial charge >= 0.3 is 0 Å². The molecule has 2 saturated heterocycles. The first kappa shape index (κ1) is 24.8. The van der Waals surface area contributed by atoms with Crippen LogP contribution in [0.3, 0.4) is 0 Å². The quantitative estimate of drug-likeness (QED) is 0.525. The number of nitrogens with zero attached hydrogens (tertiary/aromatic N) is 3. The largest absolute Gasteiger partial charge is 0.379 e. The van der Waals surface area contributed by atoms with Gasteiger partial charge in [-0.2, -0.15) is 0 Å². The fourth-order valence-electron chi connectivity index (χ4n) is 4.43. The van der Waals surface area contributed by atoms with Crippen molar-refractivity contribution >= 4 is 40.4 Å². The van der Waals surface area contributed by atoms with Crippen molar-refractivity contribution in [3.05, 3.63) is 44.8 Å². The Labute approximate surface area is 207 Å². The Bertz CT molecular complexity index is 947. The van der Waals surface area contributed by atoms with Gasteiger partial charge in [0.15, 0.2) is 0 Å². The summed E-state index contributed by atoms with van der Waals surface area (Å²) in [5.41, 5.74) is 5.57. The summed E-state index contributed by atoms with van der Waals surface area (Å²) in [4.78, 5) is 46.8. The molecule has 11 heteroatoms. The first-order valence-corrected chi connectivity index (χ1v) is 13.3. The van der Waals surface area contributed by atoms with E-state index >= 15 is 0 Å². The van der Waals surface area contributed by atoms with Crippen molar-refractivity contribution in [1.82, 2.24) is 20.0 Å². The van der Waals surface area contributed by atoms with E-state index in [-0.39, 0.29) is 23.8 Å². The Morgan fingerprint density at radius 1 is 1.12 bits per heavy atom. The SMILES string of the molecule is NCCNC(=O)C1CC(N(CCN2CCOCC2)C(=O)c2cccs2)CN1C(=O)c1cccs1. The number of nitrogens with two attached hydrogens (primary N) is 1. The molecule has 2 atom stereocenters. The molecule has 34 heavy (non-hydrogen) atoms. The molecule has 4 rings (SSSR count). The van der Waals surface area contributed by atoms with Crippen LogP contribution in [0, 0.1) is 0 Å². The highest BCUT2D eigenvalue weighted by atomic mass is 32.1. The second kappa shape index (κ2) is 11.9. The summed E-state index contributed by atoms with van der Waals surface area (Å²) in [7, 11) is 0. The molecular formula is C23H31N5O4S2. The van der Waals surface area contributed by atoms with Crippen molar-refractivity contribution in [2.24, 2.45) is 5.73 Å². The molecule has 2 aliphatic heterocycles. The zero-order chi connectivity index (χ0) is 23.9. The van der Waals surface area contributed by atoms with Crippen molar-refractivity contribution < 1.29 is 19.1 Å². The molecule has 3 amide bonds. The number of thiophene rings is 2. The Balaban J connectivity index is 1.55. The maximum absolute atomic E-state index is 13.5. The second-order valence-corrected chi connectivity index (χ2v) is 10.2. The number of likely N-dealkylation sites (tertiary alicyclic amines) is 1. The molecule has 0 aromatic carbocycles. The Morgan fingerprint density at radius 3 is 2.47 bits per heavy atom. The van der Waals surface area contributed by atoms with Gasteiger partial charge in [-0.25, -0.2) is 0 Å². The van der Waals surface area contributed by atoms with E-state index in [1.54, 1.807) is 11.0 Å². The van der Waals surface area contributed by atoms with Crippen LogP contribution in [0.4, 0.5) is 0 Å². The average Bonchev–Trinajstić information content (AvgIpc) is 3.64. The first-order valence-electron chi connectivity index (χ1n) is 11.6. The van der Waals surface area contributed by atoms with Gasteiger partial charge in [0.05, 0.1) is 29.0 Å². The van der Waals surface area contributed by atoms with Crippen molar-refractivity contribution in [2.45, 2.75) is 18.5 Å². The monoisotopic (exact) mass is 505 g/mol. The smallest absolute Gasteiger partial charge is 0.264 e. The Hall–Kier alpha value is -2.31. The lowest BCUT2D eigenvalue weighted by molar-refractivity contribution is -0.124. The van der Waals surface area contributed by atoms with Crippen molar-refractivity contribution in [1.29, 1.82) is 0 Å².